The molecule has 1 aromatic heterocycles. The Balaban J connectivity index is 1.56. The standard InChI is InChI=1S/C22H29ClN4O4S/c1-13(2)19(22-25-20(26-31-22)15-6-7-15)24-21(28)16-8-9-17(23)18(11-16)32(29,30)27-10-4-5-14(3)12-27/h8-9,11,13-15,19H,4-7,10,12H2,1-3H3,(H,24,28). The molecule has 2 atom stereocenters. The molecule has 0 radical (unpaired) electrons. The molecular weight excluding hydrogens is 452 g/mol. The van der Waals surface area contributed by atoms with Crippen LogP contribution >= 0.6 is 11.6 Å². The first-order valence-corrected chi connectivity index (χ1v) is 12.9. The second-order valence-electron chi connectivity index (χ2n) is 9.22. The lowest BCUT2D eigenvalue weighted by Crippen LogP contribution is -2.39. The highest BCUT2D eigenvalue weighted by molar-refractivity contribution is 7.89. The number of carbonyl (C=O) groups excluding carboxylic acids is 1. The van der Waals surface area contributed by atoms with Gasteiger partial charge in [-0.1, -0.05) is 37.5 Å². The van der Waals surface area contributed by atoms with Crippen molar-refractivity contribution < 1.29 is 17.7 Å². The summed E-state index contributed by atoms with van der Waals surface area (Å²) in [5.74, 6) is 1.24. The third-order valence-corrected chi connectivity index (χ3v) is 8.40. The van der Waals surface area contributed by atoms with E-state index in [0.717, 1.165) is 25.7 Å². The average Bonchev–Trinajstić information content (AvgIpc) is 3.49. The van der Waals surface area contributed by atoms with Crippen molar-refractivity contribution in [2.75, 3.05) is 13.1 Å². The van der Waals surface area contributed by atoms with Crippen LogP contribution in [0.1, 0.15) is 80.5 Å². The molecule has 174 valence electrons. The average molecular weight is 481 g/mol. The molecule has 1 saturated carbocycles. The molecule has 1 amide bonds. The SMILES string of the molecule is CC1CCCN(S(=O)(=O)c2cc(C(=O)NC(c3nc(C4CC4)no3)C(C)C)ccc2Cl)C1. The molecule has 8 nitrogen and oxygen atoms in total. The van der Waals surface area contributed by atoms with Crippen LogP contribution < -0.4 is 5.32 Å². The van der Waals surface area contributed by atoms with Crippen LogP contribution in [0.25, 0.3) is 0 Å². The van der Waals surface area contributed by atoms with Gasteiger partial charge in [-0.15, -0.1) is 0 Å². The van der Waals surface area contributed by atoms with Crippen molar-refractivity contribution in [3.63, 3.8) is 0 Å². The fraction of sp³-hybridized carbons (Fsp3) is 0.591. The summed E-state index contributed by atoms with van der Waals surface area (Å²) in [5, 5.41) is 7.06. The Kier molecular flexibility index (Phi) is 6.61. The molecule has 2 aliphatic rings. The zero-order valence-electron chi connectivity index (χ0n) is 18.5. The van der Waals surface area contributed by atoms with Crippen molar-refractivity contribution in [3.05, 3.63) is 40.5 Å². The van der Waals surface area contributed by atoms with Crippen molar-refractivity contribution >= 4 is 27.5 Å². The van der Waals surface area contributed by atoms with Gasteiger partial charge in [0.1, 0.15) is 10.9 Å². The molecule has 1 aliphatic carbocycles. The van der Waals surface area contributed by atoms with Gasteiger partial charge in [0.25, 0.3) is 5.91 Å². The highest BCUT2D eigenvalue weighted by atomic mass is 35.5. The van der Waals surface area contributed by atoms with E-state index in [9.17, 15) is 13.2 Å². The van der Waals surface area contributed by atoms with E-state index in [2.05, 4.69) is 15.5 Å². The Hall–Kier alpha value is -1.97. The van der Waals surface area contributed by atoms with Gasteiger partial charge in [0.15, 0.2) is 5.82 Å². The predicted molar refractivity (Wildman–Crippen MR) is 120 cm³/mol. The maximum absolute atomic E-state index is 13.2. The van der Waals surface area contributed by atoms with E-state index in [1.165, 1.54) is 22.5 Å². The second-order valence-corrected chi connectivity index (χ2v) is 11.5. The molecule has 32 heavy (non-hydrogen) atoms. The van der Waals surface area contributed by atoms with Crippen LogP contribution in [0.3, 0.4) is 0 Å². The molecule has 0 bridgehead atoms. The van der Waals surface area contributed by atoms with Crippen molar-refractivity contribution in [2.45, 2.75) is 63.3 Å². The fourth-order valence-corrected chi connectivity index (χ4v) is 6.06. The minimum atomic E-state index is -3.80. The summed E-state index contributed by atoms with van der Waals surface area (Å²) in [4.78, 5) is 17.5. The summed E-state index contributed by atoms with van der Waals surface area (Å²) in [6.07, 6.45) is 3.91. The molecule has 2 aromatic rings. The molecule has 2 fully saturated rings. The van der Waals surface area contributed by atoms with E-state index in [1.54, 1.807) is 0 Å². The fourth-order valence-electron chi connectivity index (χ4n) is 3.97. The number of rotatable bonds is 7. The van der Waals surface area contributed by atoms with Crippen LogP contribution in [0.2, 0.25) is 5.02 Å². The molecule has 1 saturated heterocycles. The first kappa shape index (κ1) is 23.2. The molecule has 2 unspecified atom stereocenters. The number of aromatic nitrogens is 2. The van der Waals surface area contributed by atoms with E-state index < -0.39 is 22.0 Å². The first-order chi connectivity index (χ1) is 15.2. The molecule has 1 N–H and O–H groups in total. The lowest BCUT2D eigenvalue weighted by atomic mass is 10.0. The summed E-state index contributed by atoms with van der Waals surface area (Å²) >= 11 is 6.26. The molecule has 10 heteroatoms. The minimum absolute atomic E-state index is 0.00297. The Morgan fingerprint density at radius 2 is 2.03 bits per heavy atom. The number of sulfonamides is 1. The third-order valence-electron chi connectivity index (χ3n) is 6.05. The number of nitrogens with one attached hydrogen (secondary N) is 1. The lowest BCUT2D eigenvalue weighted by molar-refractivity contribution is 0.0913. The van der Waals surface area contributed by atoms with Gasteiger partial charge in [0.05, 0.1) is 5.02 Å². The monoisotopic (exact) mass is 480 g/mol. The van der Waals surface area contributed by atoms with Crippen LogP contribution in [0.5, 0.6) is 0 Å². The quantitative estimate of drug-likeness (QED) is 0.638. The molecular formula is C22H29ClN4O4S. The summed E-state index contributed by atoms with van der Waals surface area (Å²) in [6.45, 7) is 6.83. The van der Waals surface area contributed by atoms with Gasteiger partial charge in [-0.05, 0) is 55.7 Å². The zero-order chi connectivity index (χ0) is 23.0. The van der Waals surface area contributed by atoms with Crippen molar-refractivity contribution in [1.82, 2.24) is 19.8 Å². The molecule has 2 heterocycles. The molecule has 1 aromatic carbocycles. The lowest BCUT2D eigenvalue weighted by Gasteiger charge is -2.30. The van der Waals surface area contributed by atoms with Crippen LogP contribution in [0.4, 0.5) is 0 Å². The smallest absolute Gasteiger partial charge is 0.251 e. The van der Waals surface area contributed by atoms with Gasteiger partial charge < -0.3 is 9.84 Å². The summed E-state index contributed by atoms with van der Waals surface area (Å²) < 4.78 is 33.3. The van der Waals surface area contributed by atoms with Crippen LogP contribution in [0.15, 0.2) is 27.6 Å². The van der Waals surface area contributed by atoms with Gasteiger partial charge in [0, 0.05) is 24.6 Å². The van der Waals surface area contributed by atoms with Gasteiger partial charge in [-0.2, -0.15) is 9.29 Å². The van der Waals surface area contributed by atoms with Gasteiger partial charge >= 0.3 is 0 Å². The number of benzene rings is 1. The number of nitrogens with zero attached hydrogens (tertiary/aromatic N) is 3. The normalized spacial score (nSPS) is 21.0. The number of piperidine rings is 1. The number of hydrogen-bond donors (Lipinski definition) is 1. The summed E-state index contributed by atoms with van der Waals surface area (Å²) in [6, 6.07) is 3.85. The van der Waals surface area contributed by atoms with Crippen LogP contribution in [0, 0.1) is 11.8 Å². The Morgan fingerprint density at radius 1 is 1.28 bits per heavy atom. The van der Waals surface area contributed by atoms with Gasteiger partial charge in [0.2, 0.25) is 15.9 Å². The molecule has 0 spiro atoms. The molecule has 1 aliphatic heterocycles. The summed E-state index contributed by atoms with van der Waals surface area (Å²) in [5.41, 5.74) is 0.214. The van der Waals surface area contributed by atoms with E-state index in [4.69, 9.17) is 16.1 Å². The second kappa shape index (κ2) is 9.11. The van der Waals surface area contributed by atoms with Crippen LogP contribution in [-0.2, 0) is 10.0 Å². The van der Waals surface area contributed by atoms with Gasteiger partial charge in [-0.25, -0.2) is 8.42 Å². The van der Waals surface area contributed by atoms with Crippen molar-refractivity contribution in [3.8, 4) is 0 Å². The highest BCUT2D eigenvalue weighted by Gasteiger charge is 2.33. The van der Waals surface area contributed by atoms with E-state index in [1.807, 2.05) is 20.8 Å². The van der Waals surface area contributed by atoms with E-state index in [0.29, 0.717) is 30.7 Å². The maximum atomic E-state index is 13.2. The van der Waals surface area contributed by atoms with Crippen molar-refractivity contribution in [1.29, 1.82) is 0 Å². The number of hydrogen-bond acceptors (Lipinski definition) is 6. The number of halogens is 1. The van der Waals surface area contributed by atoms with Crippen LogP contribution in [-0.4, -0.2) is 41.9 Å². The van der Waals surface area contributed by atoms with Gasteiger partial charge in [-0.3, -0.25) is 4.79 Å². The maximum Gasteiger partial charge on any atom is 0.251 e. The minimum Gasteiger partial charge on any atom is -0.340 e. The first-order valence-electron chi connectivity index (χ1n) is 11.1. The Labute approximate surface area is 193 Å². The Morgan fingerprint density at radius 3 is 2.69 bits per heavy atom. The third kappa shape index (κ3) is 4.84. The largest absolute Gasteiger partial charge is 0.340 e. The van der Waals surface area contributed by atoms with Crippen molar-refractivity contribution in [2.24, 2.45) is 11.8 Å². The van der Waals surface area contributed by atoms with E-state index >= 15 is 0 Å². The summed E-state index contributed by atoms with van der Waals surface area (Å²) in [7, 11) is -3.80. The number of carbonyl (C=O) groups is 1. The topological polar surface area (TPSA) is 105 Å². The number of amides is 1. The zero-order valence-corrected chi connectivity index (χ0v) is 20.1. The molecule has 4 rings (SSSR count). The van der Waals surface area contributed by atoms with E-state index in [-0.39, 0.29) is 27.3 Å². The Bertz CT molecular complexity index is 1100. The highest BCUT2D eigenvalue weighted by Crippen LogP contribution is 2.39. The predicted octanol–water partition coefficient (Wildman–Crippen LogP) is 4.15.